The Balaban J connectivity index is 2.12. The zero-order valence-corrected chi connectivity index (χ0v) is 13.4. The molecule has 0 saturated carbocycles. The van der Waals surface area contributed by atoms with E-state index < -0.39 is 10.2 Å². The standard InChI is InChI=1S/C15H15N3O4S/c1-10(23-14-5-3-4-8-16-14)15(19)17-12-9-11(18(20)21)6-7-13(12)22-2/h3-10H,1-2H3,(H,17,19)/t10-/m0/s1. The number of nitro benzene ring substituents is 1. The summed E-state index contributed by atoms with van der Waals surface area (Å²) in [5.41, 5.74) is 0.145. The summed E-state index contributed by atoms with van der Waals surface area (Å²) >= 11 is 1.30. The zero-order valence-electron chi connectivity index (χ0n) is 12.6. The second-order valence-corrected chi connectivity index (χ2v) is 5.92. The van der Waals surface area contributed by atoms with E-state index >= 15 is 0 Å². The van der Waals surface area contributed by atoms with Crippen molar-refractivity contribution in [3.63, 3.8) is 0 Å². The fraction of sp³-hybridized carbons (Fsp3) is 0.200. The van der Waals surface area contributed by atoms with Gasteiger partial charge in [0.05, 0.1) is 28.0 Å². The molecule has 0 aliphatic heterocycles. The van der Waals surface area contributed by atoms with Crippen LogP contribution in [0.3, 0.4) is 0 Å². The monoisotopic (exact) mass is 333 g/mol. The maximum absolute atomic E-state index is 12.3. The van der Waals surface area contributed by atoms with Crippen molar-refractivity contribution in [2.45, 2.75) is 17.2 Å². The number of pyridine rings is 1. The van der Waals surface area contributed by atoms with Gasteiger partial charge < -0.3 is 10.1 Å². The first-order valence-corrected chi connectivity index (χ1v) is 7.60. The Kier molecular flexibility index (Phi) is 5.53. The summed E-state index contributed by atoms with van der Waals surface area (Å²) in [6, 6.07) is 9.48. The van der Waals surface area contributed by atoms with Gasteiger partial charge >= 0.3 is 0 Å². The molecule has 2 aromatic rings. The minimum atomic E-state index is -0.527. The molecule has 1 heterocycles. The molecule has 120 valence electrons. The van der Waals surface area contributed by atoms with Gasteiger partial charge in [0.25, 0.3) is 5.69 Å². The van der Waals surface area contributed by atoms with Crippen molar-refractivity contribution in [1.29, 1.82) is 0 Å². The SMILES string of the molecule is COc1ccc([N+](=O)[O-])cc1NC(=O)[C@H](C)Sc1ccccn1. The number of carbonyl (C=O) groups is 1. The molecular weight excluding hydrogens is 318 g/mol. The van der Waals surface area contributed by atoms with Gasteiger partial charge in [-0.1, -0.05) is 17.8 Å². The van der Waals surface area contributed by atoms with E-state index in [0.717, 1.165) is 5.03 Å². The van der Waals surface area contributed by atoms with Crippen molar-refractivity contribution < 1.29 is 14.5 Å². The molecule has 23 heavy (non-hydrogen) atoms. The maximum atomic E-state index is 12.3. The molecule has 7 nitrogen and oxygen atoms in total. The molecule has 1 amide bonds. The quantitative estimate of drug-likeness (QED) is 0.496. The third kappa shape index (κ3) is 4.43. The van der Waals surface area contributed by atoms with Crippen molar-refractivity contribution in [1.82, 2.24) is 4.98 Å². The van der Waals surface area contributed by atoms with Crippen LogP contribution in [0.4, 0.5) is 11.4 Å². The molecule has 0 unspecified atom stereocenters. The number of nitro groups is 1. The van der Waals surface area contributed by atoms with Gasteiger partial charge in [0, 0.05) is 18.3 Å². The highest BCUT2D eigenvalue weighted by Crippen LogP contribution is 2.30. The molecule has 0 bridgehead atoms. The average molecular weight is 333 g/mol. The number of ether oxygens (including phenoxy) is 1. The molecule has 8 heteroatoms. The van der Waals surface area contributed by atoms with Crippen LogP contribution in [0.5, 0.6) is 5.75 Å². The molecule has 0 aliphatic carbocycles. The van der Waals surface area contributed by atoms with Crippen LogP contribution < -0.4 is 10.1 Å². The van der Waals surface area contributed by atoms with Crippen molar-refractivity contribution >= 4 is 29.0 Å². The number of benzene rings is 1. The summed E-state index contributed by atoms with van der Waals surface area (Å²) in [4.78, 5) is 26.8. The average Bonchev–Trinajstić information content (AvgIpc) is 2.55. The summed E-state index contributed by atoms with van der Waals surface area (Å²) < 4.78 is 5.12. The highest BCUT2D eigenvalue weighted by Gasteiger charge is 2.18. The van der Waals surface area contributed by atoms with Crippen LogP contribution in [0, 0.1) is 10.1 Å². The van der Waals surface area contributed by atoms with Crippen LogP contribution in [0.1, 0.15) is 6.92 Å². The van der Waals surface area contributed by atoms with Gasteiger partial charge in [0.1, 0.15) is 5.75 Å². The van der Waals surface area contributed by atoms with E-state index in [0.29, 0.717) is 5.75 Å². The highest BCUT2D eigenvalue weighted by atomic mass is 32.2. The van der Waals surface area contributed by atoms with Crippen molar-refractivity contribution in [2.75, 3.05) is 12.4 Å². The third-order valence-corrected chi connectivity index (χ3v) is 4.01. The van der Waals surface area contributed by atoms with Crippen LogP contribution in [0.15, 0.2) is 47.6 Å². The number of carbonyl (C=O) groups excluding carboxylic acids is 1. The summed E-state index contributed by atoms with van der Waals surface area (Å²) in [5.74, 6) is 0.0680. The number of non-ortho nitro benzene ring substituents is 1. The van der Waals surface area contributed by atoms with E-state index in [9.17, 15) is 14.9 Å². The number of aromatic nitrogens is 1. The number of hydrogen-bond acceptors (Lipinski definition) is 6. The molecule has 0 radical (unpaired) electrons. The summed E-state index contributed by atoms with van der Waals surface area (Å²) in [6.45, 7) is 1.73. The van der Waals surface area contributed by atoms with Gasteiger partial charge in [0.15, 0.2) is 0 Å². The summed E-state index contributed by atoms with van der Waals surface area (Å²) in [7, 11) is 1.43. The van der Waals surface area contributed by atoms with E-state index in [1.807, 2.05) is 12.1 Å². The number of thioether (sulfide) groups is 1. The van der Waals surface area contributed by atoms with Crippen molar-refractivity contribution in [2.24, 2.45) is 0 Å². The van der Waals surface area contributed by atoms with Gasteiger partial charge in [-0.05, 0) is 25.1 Å². The molecule has 0 spiro atoms. The fourth-order valence-electron chi connectivity index (χ4n) is 1.79. The van der Waals surface area contributed by atoms with Gasteiger partial charge in [-0.3, -0.25) is 14.9 Å². The predicted molar refractivity (Wildman–Crippen MR) is 87.8 cm³/mol. The van der Waals surface area contributed by atoms with Crippen LogP contribution in [0.25, 0.3) is 0 Å². The predicted octanol–water partition coefficient (Wildman–Crippen LogP) is 3.12. The lowest BCUT2D eigenvalue weighted by Gasteiger charge is -2.13. The Labute approximate surface area is 137 Å². The molecule has 1 aromatic carbocycles. The number of rotatable bonds is 6. The lowest BCUT2D eigenvalue weighted by molar-refractivity contribution is -0.384. The van der Waals surface area contributed by atoms with Crippen LogP contribution in [0.2, 0.25) is 0 Å². The van der Waals surface area contributed by atoms with Crippen molar-refractivity contribution in [3.8, 4) is 5.75 Å². The molecule has 1 N–H and O–H groups in total. The first kappa shape index (κ1) is 16.8. The number of nitrogens with one attached hydrogen (secondary N) is 1. The van der Waals surface area contributed by atoms with Crippen LogP contribution in [-0.4, -0.2) is 28.2 Å². The van der Waals surface area contributed by atoms with E-state index in [1.165, 1.54) is 37.1 Å². The Morgan fingerprint density at radius 1 is 1.39 bits per heavy atom. The van der Waals surface area contributed by atoms with E-state index in [1.54, 1.807) is 19.2 Å². The molecule has 0 aliphatic rings. The van der Waals surface area contributed by atoms with Crippen molar-refractivity contribution in [3.05, 3.63) is 52.7 Å². The number of nitrogens with zero attached hydrogens (tertiary/aromatic N) is 2. The minimum absolute atomic E-state index is 0.119. The number of hydrogen-bond donors (Lipinski definition) is 1. The highest BCUT2D eigenvalue weighted by molar-refractivity contribution is 8.00. The molecule has 2 rings (SSSR count). The van der Waals surface area contributed by atoms with Crippen LogP contribution in [-0.2, 0) is 4.79 Å². The lowest BCUT2D eigenvalue weighted by atomic mass is 10.2. The van der Waals surface area contributed by atoms with Gasteiger partial charge in [-0.2, -0.15) is 0 Å². The smallest absolute Gasteiger partial charge is 0.271 e. The Bertz CT molecular complexity index is 709. The van der Waals surface area contributed by atoms with Crippen LogP contribution >= 0.6 is 11.8 Å². The number of amides is 1. The van der Waals surface area contributed by atoms with Gasteiger partial charge in [-0.25, -0.2) is 4.98 Å². The molecule has 0 fully saturated rings. The number of methoxy groups -OCH3 is 1. The molecule has 1 atom stereocenters. The molecular formula is C15H15N3O4S. The minimum Gasteiger partial charge on any atom is -0.495 e. The lowest BCUT2D eigenvalue weighted by Crippen LogP contribution is -2.22. The number of anilines is 1. The zero-order chi connectivity index (χ0) is 16.8. The largest absolute Gasteiger partial charge is 0.495 e. The fourth-order valence-corrected chi connectivity index (χ4v) is 2.60. The van der Waals surface area contributed by atoms with Gasteiger partial charge in [-0.15, -0.1) is 0 Å². The Morgan fingerprint density at radius 2 is 2.17 bits per heavy atom. The first-order chi connectivity index (χ1) is 11.0. The maximum Gasteiger partial charge on any atom is 0.271 e. The van der Waals surface area contributed by atoms with E-state index in [-0.39, 0.29) is 17.3 Å². The Hall–Kier alpha value is -2.61. The third-order valence-electron chi connectivity index (χ3n) is 2.96. The van der Waals surface area contributed by atoms with E-state index in [2.05, 4.69) is 10.3 Å². The molecule has 0 saturated heterocycles. The Morgan fingerprint density at radius 3 is 2.78 bits per heavy atom. The topological polar surface area (TPSA) is 94.4 Å². The normalized spacial score (nSPS) is 11.6. The second-order valence-electron chi connectivity index (χ2n) is 4.56. The van der Waals surface area contributed by atoms with Gasteiger partial charge in [0.2, 0.25) is 5.91 Å². The molecule has 1 aromatic heterocycles. The summed E-state index contributed by atoms with van der Waals surface area (Å²) in [6.07, 6.45) is 1.65. The second kappa shape index (κ2) is 7.59. The van der Waals surface area contributed by atoms with E-state index in [4.69, 9.17) is 4.74 Å². The first-order valence-electron chi connectivity index (χ1n) is 6.72. The summed E-state index contributed by atoms with van der Waals surface area (Å²) in [5, 5.41) is 13.8.